The number of hydrogen-bond acceptors (Lipinski definition) is 2. The molecule has 2 aromatic carbocycles. The van der Waals surface area contributed by atoms with Gasteiger partial charge in [0.2, 0.25) is 5.91 Å². The lowest BCUT2D eigenvalue weighted by Crippen LogP contribution is -2.37. The predicted octanol–water partition coefficient (Wildman–Crippen LogP) is 4.95. The zero-order valence-electron chi connectivity index (χ0n) is 15.1. The van der Waals surface area contributed by atoms with Gasteiger partial charge < -0.3 is 5.32 Å². The molecule has 1 saturated carbocycles. The summed E-state index contributed by atoms with van der Waals surface area (Å²) in [6.45, 7) is 0.452. The van der Waals surface area contributed by atoms with Crippen LogP contribution >= 0.6 is 0 Å². The fourth-order valence-corrected chi connectivity index (χ4v) is 3.71. The third-order valence-electron chi connectivity index (χ3n) is 5.13. The molecule has 132 valence electrons. The topological polar surface area (TPSA) is 32.3 Å². The van der Waals surface area contributed by atoms with Crippen LogP contribution < -0.4 is 5.32 Å². The van der Waals surface area contributed by atoms with E-state index in [2.05, 4.69) is 35.5 Å². The van der Waals surface area contributed by atoms with E-state index >= 15 is 0 Å². The Hall–Kier alpha value is -2.13. The summed E-state index contributed by atoms with van der Waals surface area (Å²) in [4.78, 5) is 14.8. The van der Waals surface area contributed by atoms with E-state index in [0.29, 0.717) is 12.6 Å². The molecule has 0 unspecified atom stereocenters. The molecule has 2 aromatic rings. The molecular formula is C22H28N2O. The molecular weight excluding hydrogens is 308 g/mol. The Morgan fingerprint density at radius 1 is 0.960 bits per heavy atom. The second-order valence-corrected chi connectivity index (χ2v) is 7.02. The van der Waals surface area contributed by atoms with Crippen LogP contribution in [0.5, 0.6) is 0 Å². The standard InChI is InChI=1S/C22H28N2O/c1-24(19-13-7-2-3-8-14-19)17-22(25)23-21-16-10-9-15-20(21)18-11-5-4-6-12-18/h4-6,9-12,15-16,19H,2-3,7-8,13-14,17H2,1H3,(H,23,25). The Morgan fingerprint density at radius 2 is 1.60 bits per heavy atom. The first-order valence-electron chi connectivity index (χ1n) is 9.38. The van der Waals surface area contributed by atoms with Crippen LogP contribution in [-0.4, -0.2) is 30.4 Å². The summed E-state index contributed by atoms with van der Waals surface area (Å²) in [5.41, 5.74) is 3.07. The fourth-order valence-electron chi connectivity index (χ4n) is 3.71. The Bertz CT molecular complexity index is 675. The summed E-state index contributed by atoms with van der Waals surface area (Å²) >= 11 is 0. The smallest absolute Gasteiger partial charge is 0.238 e. The van der Waals surface area contributed by atoms with E-state index in [0.717, 1.165) is 16.8 Å². The zero-order chi connectivity index (χ0) is 17.5. The van der Waals surface area contributed by atoms with Gasteiger partial charge in [-0.25, -0.2) is 0 Å². The number of amides is 1. The third-order valence-corrected chi connectivity index (χ3v) is 5.13. The van der Waals surface area contributed by atoms with Crippen LogP contribution in [0.3, 0.4) is 0 Å². The highest BCUT2D eigenvalue weighted by molar-refractivity contribution is 5.96. The van der Waals surface area contributed by atoms with Crippen LogP contribution in [0.2, 0.25) is 0 Å². The van der Waals surface area contributed by atoms with Crippen molar-refractivity contribution in [2.75, 3.05) is 18.9 Å². The number of nitrogens with one attached hydrogen (secondary N) is 1. The highest BCUT2D eigenvalue weighted by Crippen LogP contribution is 2.27. The van der Waals surface area contributed by atoms with Gasteiger partial charge in [0.25, 0.3) is 0 Å². The van der Waals surface area contributed by atoms with E-state index in [-0.39, 0.29) is 5.91 Å². The van der Waals surface area contributed by atoms with E-state index in [9.17, 15) is 4.79 Å². The molecule has 0 heterocycles. The number of carbonyl (C=O) groups is 1. The molecule has 1 amide bonds. The van der Waals surface area contributed by atoms with Gasteiger partial charge in [-0.15, -0.1) is 0 Å². The molecule has 3 heteroatoms. The van der Waals surface area contributed by atoms with Crippen molar-refractivity contribution in [1.29, 1.82) is 0 Å². The van der Waals surface area contributed by atoms with Crippen molar-refractivity contribution in [3.05, 3.63) is 54.6 Å². The molecule has 0 aromatic heterocycles. The van der Waals surface area contributed by atoms with E-state index in [1.54, 1.807) is 0 Å². The molecule has 1 aliphatic rings. The lowest BCUT2D eigenvalue weighted by Gasteiger charge is -2.26. The molecule has 3 rings (SSSR count). The molecule has 0 saturated heterocycles. The number of carbonyl (C=O) groups excluding carboxylic acids is 1. The maximum Gasteiger partial charge on any atom is 0.238 e. The van der Waals surface area contributed by atoms with Gasteiger partial charge in [-0.3, -0.25) is 9.69 Å². The Kier molecular flexibility index (Phi) is 6.24. The quantitative estimate of drug-likeness (QED) is 0.784. The summed E-state index contributed by atoms with van der Waals surface area (Å²) in [5.74, 6) is 0.0649. The summed E-state index contributed by atoms with van der Waals surface area (Å²) in [7, 11) is 2.08. The van der Waals surface area contributed by atoms with Gasteiger partial charge in [-0.1, -0.05) is 74.2 Å². The number of para-hydroxylation sites is 1. The lowest BCUT2D eigenvalue weighted by atomic mass is 10.0. The van der Waals surface area contributed by atoms with Gasteiger partial charge in [-0.05, 0) is 31.5 Å². The second kappa shape index (κ2) is 8.82. The maximum atomic E-state index is 12.6. The summed E-state index contributed by atoms with van der Waals surface area (Å²) in [6.07, 6.45) is 7.66. The number of anilines is 1. The average Bonchev–Trinajstić information content (AvgIpc) is 2.92. The Labute approximate surface area is 151 Å². The van der Waals surface area contributed by atoms with Crippen molar-refractivity contribution in [2.24, 2.45) is 0 Å². The Balaban J connectivity index is 1.65. The van der Waals surface area contributed by atoms with Crippen molar-refractivity contribution in [3.8, 4) is 11.1 Å². The molecule has 3 nitrogen and oxygen atoms in total. The second-order valence-electron chi connectivity index (χ2n) is 7.02. The van der Waals surface area contributed by atoms with Crippen molar-refractivity contribution >= 4 is 11.6 Å². The molecule has 0 spiro atoms. The highest BCUT2D eigenvalue weighted by Gasteiger charge is 2.19. The van der Waals surface area contributed by atoms with E-state index < -0.39 is 0 Å². The number of benzene rings is 2. The number of rotatable bonds is 5. The molecule has 0 atom stereocenters. The SMILES string of the molecule is CN(CC(=O)Nc1ccccc1-c1ccccc1)C1CCCCCC1. The van der Waals surface area contributed by atoms with E-state index in [4.69, 9.17) is 0 Å². The van der Waals surface area contributed by atoms with Gasteiger partial charge in [0.15, 0.2) is 0 Å². The third kappa shape index (κ3) is 4.93. The van der Waals surface area contributed by atoms with E-state index in [1.807, 2.05) is 36.4 Å². The normalized spacial score (nSPS) is 15.8. The lowest BCUT2D eigenvalue weighted by molar-refractivity contribution is -0.117. The number of hydrogen-bond donors (Lipinski definition) is 1. The fraction of sp³-hybridized carbons (Fsp3) is 0.409. The van der Waals surface area contributed by atoms with Crippen LogP contribution in [0.4, 0.5) is 5.69 Å². The summed E-state index contributed by atoms with van der Waals surface area (Å²) in [5, 5.41) is 3.11. The first kappa shape index (κ1) is 17.7. The first-order chi connectivity index (χ1) is 12.2. The summed E-state index contributed by atoms with van der Waals surface area (Å²) in [6, 6.07) is 18.7. The molecule has 1 N–H and O–H groups in total. The van der Waals surface area contributed by atoms with E-state index in [1.165, 1.54) is 38.5 Å². The monoisotopic (exact) mass is 336 g/mol. The minimum Gasteiger partial charge on any atom is -0.324 e. The van der Waals surface area contributed by atoms with Crippen LogP contribution in [0.1, 0.15) is 38.5 Å². The number of nitrogens with zero attached hydrogens (tertiary/aromatic N) is 1. The van der Waals surface area contributed by atoms with Crippen LogP contribution in [0, 0.1) is 0 Å². The van der Waals surface area contributed by atoms with Crippen molar-refractivity contribution in [2.45, 2.75) is 44.6 Å². The van der Waals surface area contributed by atoms with Crippen molar-refractivity contribution < 1.29 is 4.79 Å². The minimum absolute atomic E-state index is 0.0649. The van der Waals surface area contributed by atoms with Gasteiger partial charge in [-0.2, -0.15) is 0 Å². The largest absolute Gasteiger partial charge is 0.324 e. The minimum atomic E-state index is 0.0649. The van der Waals surface area contributed by atoms with Crippen LogP contribution in [0.25, 0.3) is 11.1 Å². The summed E-state index contributed by atoms with van der Waals surface area (Å²) < 4.78 is 0. The van der Waals surface area contributed by atoms with Crippen LogP contribution in [0.15, 0.2) is 54.6 Å². The van der Waals surface area contributed by atoms with Crippen molar-refractivity contribution in [1.82, 2.24) is 4.90 Å². The molecule has 1 fully saturated rings. The molecule has 0 radical (unpaired) electrons. The van der Waals surface area contributed by atoms with Gasteiger partial charge in [0.05, 0.1) is 6.54 Å². The van der Waals surface area contributed by atoms with Gasteiger partial charge in [0.1, 0.15) is 0 Å². The number of likely N-dealkylation sites (N-methyl/N-ethyl adjacent to an activating group) is 1. The molecule has 25 heavy (non-hydrogen) atoms. The van der Waals surface area contributed by atoms with Crippen LogP contribution in [-0.2, 0) is 4.79 Å². The highest BCUT2D eigenvalue weighted by atomic mass is 16.2. The maximum absolute atomic E-state index is 12.6. The van der Waals surface area contributed by atoms with Crippen molar-refractivity contribution in [3.63, 3.8) is 0 Å². The molecule has 0 bridgehead atoms. The first-order valence-corrected chi connectivity index (χ1v) is 9.38. The van der Waals surface area contributed by atoms with Gasteiger partial charge >= 0.3 is 0 Å². The predicted molar refractivity (Wildman–Crippen MR) is 105 cm³/mol. The molecule has 0 aliphatic heterocycles. The average molecular weight is 336 g/mol. The zero-order valence-corrected chi connectivity index (χ0v) is 15.1. The van der Waals surface area contributed by atoms with Gasteiger partial charge in [0, 0.05) is 17.3 Å². The molecule has 1 aliphatic carbocycles. The Morgan fingerprint density at radius 3 is 2.32 bits per heavy atom.